The van der Waals surface area contributed by atoms with E-state index in [0.29, 0.717) is 6.20 Å². The van der Waals surface area contributed by atoms with Crippen LogP contribution in [0.5, 0.6) is 11.5 Å². The number of pyridine rings is 1. The van der Waals surface area contributed by atoms with E-state index in [4.69, 9.17) is 0 Å². The van der Waals surface area contributed by atoms with E-state index in [-0.39, 0.29) is 22.6 Å². The summed E-state index contributed by atoms with van der Waals surface area (Å²) in [5.74, 6) is -1.89. The van der Waals surface area contributed by atoms with Gasteiger partial charge < -0.3 is 10.2 Å². The van der Waals surface area contributed by atoms with Crippen molar-refractivity contribution in [2.24, 2.45) is 0 Å². The third kappa shape index (κ3) is 3.58. The highest BCUT2D eigenvalue weighted by atomic mass is 19.4. The molecule has 0 spiro atoms. The van der Waals surface area contributed by atoms with Crippen LogP contribution in [0.15, 0.2) is 36.8 Å². The molecule has 2 aromatic heterocycles. The third-order valence-electron chi connectivity index (χ3n) is 3.44. The van der Waals surface area contributed by atoms with Gasteiger partial charge in [-0.3, -0.25) is 15.1 Å². The maximum Gasteiger partial charge on any atom is 0.417 e. The molecule has 3 rings (SSSR count). The van der Waals surface area contributed by atoms with Gasteiger partial charge in [-0.15, -0.1) is 5.10 Å². The van der Waals surface area contributed by atoms with Crippen molar-refractivity contribution >= 4 is 5.69 Å². The van der Waals surface area contributed by atoms with Crippen LogP contribution >= 0.6 is 0 Å². The number of aromatic hydroxyl groups is 2. The lowest BCUT2D eigenvalue weighted by molar-refractivity contribution is -0.385. The number of alkyl halides is 3. The molecule has 0 radical (unpaired) electrons. The van der Waals surface area contributed by atoms with Crippen LogP contribution in [-0.4, -0.2) is 35.3 Å². The summed E-state index contributed by atoms with van der Waals surface area (Å²) in [4.78, 5) is 17.6. The summed E-state index contributed by atoms with van der Waals surface area (Å²) in [6.45, 7) is 0. The highest BCUT2D eigenvalue weighted by molar-refractivity contribution is 5.70. The Hall–Kier alpha value is -3.83. The second kappa shape index (κ2) is 6.48. The van der Waals surface area contributed by atoms with Gasteiger partial charge in [-0.25, -0.2) is 4.98 Å². The third-order valence-corrected chi connectivity index (χ3v) is 3.44. The van der Waals surface area contributed by atoms with Gasteiger partial charge in [0.2, 0.25) is 5.75 Å². The Labute approximate surface area is 147 Å². The van der Waals surface area contributed by atoms with Crippen LogP contribution in [0.4, 0.5) is 18.9 Å². The molecular formula is C15H8F3N5O4. The van der Waals surface area contributed by atoms with Gasteiger partial charge in [0.1, 0.15) is 0 Å². The Morgan fingerprint density at radius 3 is 2.44 bits per heavy atom. The first-order valence-electron chi connectivity index (χ1n) is 7.10. The molecule has 2 N–H and O–H groups in total. The first-order chi connectivity index (χ1) is 12.7. The van der Waals surface area contributed by atoms with E-state index < -0.39 is 33.8 Å². The molecule has 0 aliphatic heterocycles. The normalized spacial score (nSPS) is 11.4. The highest BCUT2D eigenvalue weighted by Crippen LogP contribution is 2.39. The maximum absolute atomic E-state index is 12.8. The van der Waals surface area contributed by atoms with Crippen LogP contribution in [0.25, 0.3) is 22.6 Å². The number of hydrogen-bond acceptors (Lipinski definition) is 8. The maximum atomic E-state index is 12.8. The second-order valence-corrected chi connectivity index (χ2v) is 5.25. The number of rotatable bonds is 3. The monoisotopic (exact) mass is 379 g/mol. The van der Waals surface area contributed by atoms with Crippen molar-refractivity contribution in [1.29, 1.82) is 0 Å². The minimum atomic E-state index is -4.61. The largest absolute Gasteiger partial charge is 0.504 e. The van der Waals surface area contributed by atoms with Crippen LogP contribution in [0, 0.1) is 10.1 Å². The summed E-state index contributed by atoms with van der Waals surface area (Å²) in [6.07, 6.45) is -1.77. The predicted molar refractivity (Wildman–Crippen MR) is 83.5 cm³/mol. The summed E-state index contributed by atoms with van der Waals surface area (Å²) >= 11 is 0. The molecule has 9 nitrogen and oxygen atoms in total. The van der Waals surface area contributed by atoms with Crippen molar-refractivity contribution in [3.05, 3.63) is 52.5 Å². The van der Waals surface area contributed by atoms with E-state index in [1.807, 2.05) is 0 Å². The van der Waals surface area contributed by atoms with Crippen molar-refractivity contribution in [1.82, 2.24) is 20.2 Å². The first-order valence-corrected chi connectivity index (χ1v) is 7.10. The number of nitrogens with zero attached hydrogens (tertiary/aromatic N) is 5. The van der Waals surface area contributed by atoms with Crippen molar-refractivity contribution in [3.8, 4) is 34.1 Å². The summed E-state index contributed by atoms with van der Waals surface area (Å²) in [7, 11) is 0. The molecule has 12 heteroatoms. The lowest BCUT2D eigenvalue weighted by atomic mass is 10.1. The van der Waals surface area contributed by atoms with E-state index in [1.165, 1.54) is 0 Å². The zero-order valence-corrected chi connectivity index (χ0v) is 13.0. The SMILES string of the molecule is O=[N+]([O-])c1cc(-c2cnnc(-c3cncc(C(F)(F)F)c3)n2)cc(O)c1O. The lowest BCUT2D eigenvalue weighted by Crippen LogP contribution is -2.06. The van der Waals surface area contributed by atoms with Gasteiger partial charge in [-0.2, -0.15) is 18.3 Å². The van der Waals surface area contributed by atoms with Crippen molar-refractivity contribution in [2.75, 3.05) is 0 Å². The molecule has 1 aromatic carbocycles. The molecule has 0 saturated heterocycles. The van der Waals surface area contributed by atoms with E-state index in [1.54, 1.807) is 0 Å². The number of aromatic nitrogens is 4. The molecule has 0 amide bonds. The van der Waals surface area contributed by atoms with Gasteiger partial charge in [-0.1, -0.05) is 0 Å². The van der Waals surface area contributed by atoms with Crippen molar-refractivity contribution < 1.29 is 28.3 Å². The Balaban J connectivity index is 2.09. The Kier molecular flexibility index (Phi) is 4.31. The van der Waals surface area contributed by atoms with E-state index in [0.717, 1.165) is 30.6 Å². The topological polar surface area (TPSA) is 135 Å². The molecule has 27 heavy (non-hydrogen) atoms. The average molecular weight is 379 g/mol. The second-order valence-electron chi connectivity index (χ2n) is 5.25. The van der Waals surface area contributed by atoms with Crippen LogP contribution in [-0.2, 0) is 6.18 Å². The van der Waals surface area contributed by atoms with E-state index in [9.17, 15) is 33.5 Å². The zero-order chi connectivity index (χ0) is 19.8. The first kappa shape index (κ1) is 18.0. The molecule has 0 atom stereocenters. The summed E-state index contributed by atoms with van der Waals surface area (Å²) in [6, 6.07) is 2.72. The van der Waals surface area contributed by atoms with Crippen molar-refractivity contribution in [3.63, 3.8) is 0 Å². The molecule has 0 bridgehead atoms. The van der Waals surface area contributed by atoms with Gasteiger partial charge in [0.15, 0.2) is 11.6 Å². The van der Waals surface area contributed by atoms with Crippen molar-refractivity contribution in [2.45, 2.75) is 6.18 Å². The Morgan fingerprint density at radius 1 is 1.04 bits per heavy atom. The van der Waals surface area contributed by atoms with Gasteiger partial charge in [0, 0.05) is 29.6 Å². The molecule has 0 aliphatic rings. The molecule has 138 valence electrons. The number of hydrogen-bond donors (Lipinski definition) is 2. The predicted octanol–water partition coefficient (Wildman–Crippen LogP) is 2.94. The number of halogens is 3. The number of benzene rings is 1. The molecule has 0 unspecified atom stereocenters. The summed E-state index contributed by atoms with van der Waals surface area (Å²) in [5, 5.41) is 37.4. The lowest BCUT2D eigenvalue weighted by Gasteiger charge is -2.08. The quantitative estimate of drug-likeness (QED) is 0.403. The van der Waals surface area contributed by atoms with Crippen LogP contribution < -0.4 is 0 Å². The molecular weight excluding hydrogens is 371 g/mol. The number of nitro benzene ring substituents is 1. The Morgan fingerprint density at radius 2 is 1.78 bits per heavy atom. The fraction of sp³-hybridized carbons (Fsp3) is 0.0667. The number of nitro groups is 1. The average Bonchev–Trinajstić information content (AvgIpc) is 2.63. The zero-order valence-electron chi connectivity index (χ0n) is 13.0. The smallest absolute Gasteiger partial charge is 0.417 e. The molecule has 0 fully saturated rings. The number of phenolic OH excluding ortho intramolecular Hbond substituents is 2. The van der Waals surface area contributed by atoms with Gasteiger partial charge in [0.25, 0.3) is 0 Å². The van der Waals surface area contributed by atoms with Crippen LogP contribution in [0.2, 0.25) is 0 Å². The summed E-state index contributed by atoms with van der Waals surface area (Å²) < 4.78 is 38.5. The minimum Gasteiger partial charge on any atom is -0.504 e. The van der Waals surface area contributed by atoms with E-state index in [2.05, 4.69) is 20.2 Å². The minimum absolute atomic E-state index is 0.00749. The van der Waals surface area contributed by atoms with E-state index >= 15 is 0 Å². The van der Waals surface area contributed by atoms with Gasteiger partial charge in [-0.05, 0) is 12.1 Å². The molecule has 3 aromatic rings. The highest BCUT2D eigenvalue weighted by Gasteiger charge is 2.31. The summed E-state index contributed by atoms with van der Waals surface area (Å²) in [5.41, 5.74) is -1.86. The van der Waals surface area contributed by atoms with Gasteiger partial charge in [0.05, 0.1) is 22.4 Å². The van der Waals surface area contributed by atoms with Crippen LogP contribution in [0.1, 0.15) is 5.56 Å². The van der Waals surface area contributed by atoms with Crippen LogP contribution in [0.3, 0.4) is 0 Å². The molecule has 0 aliphatic carbocycles. The standard InChI is InChI=1S/C15H8F3N5O4/c16-15(17,18)9-1-8(4-19-5-9)14-21-10(6-20-22-14)7-2-11(23(26)27)13(25)12(24)3-7/h1-6,24-25H. The molecule has 2 heterocycles. The number of phenols is 2. The fourth-order valence-corrected chi connectivity index (χ4v) is 2.17. The molecule has 0 saturated carbocycles. The van der Waals surface area contributed by atoms with Gasteiger partial charge >= 0.3 is 11.9 Å². The fourth-order valence-electron chi connectivity index (χ4n) is 2.17. The Bertz CT molecular complexity index is 1040.